The predicted octanol–water partition coefficient (Wildman–Crippen LogP) is 5.40. The molecule has 2 aliphatic rings. The molecule has 190 valence electrons. The second-order valence-electron chi connectivity index (χ2n) is 10.6. The minimum atomic E-state index is -0.642. The molecule has 1 fully saturated rings. The van der Waals surface area contributed by atoms with E-state index in [2.05, 4.69) is 72.6 Å². The number of hydrogen-bond donors (Lipinski definition) is 1. The molecule has 3 heterocycles. The van der Waals surface area contributed by atoms with Crippen LogP contribution in [0, 0.1) is 23.7 Å². The number of carboxylic acid groups (broad SMARTS) is 1. The van der Waals surface area contributed by atoms with Gasteiger partial charge in [-0.15, -0.1) is 10.2 Å². The molecule has 0 amide bonds. The number of allylic oxidation sites excluding steroid dienone is 4. The van der Waals surface area contributed by atoms with Crippen molar-refractivity contribution in [3.8, 4) is 10.7 Å². The van der Waals surface area contributed by atoms with E-state index >= 15 is 0 Å². The highest BCUT2D eigenvalue weighted by atomic mass is 32.1. The summed E-state index contributed by atoms with van der Waals surface area (Å²) < 4.78 is 2.08. The van der Waals surface area contributed by atoms with E-state index in [0.717, 1.165) is 73.1 Å². The average molecular weight is 498 g/mol. The van der Waals surface area contributed by atoms with Gasteiger partial charge in [0.1, 0.15) is 10.7 Å². The first-order chi connectivity index (χ1) is 16.7. The number of aromatic nitrogens is 4. The highest BCUT2D eigenvalue weighted by Gasteiger charge is 2.27. The normalized spacial score (nSPS) is 21.9. The van der Waals surface area contributed by atoms with Crippen LogP contribution in [0.5, 0.6) is 0 Å². The maximum atomic E-state index is 11.2. The van der Waals surface area contributed by atoms with Crippen LogP contribution >= 0.6 is 11.3 Å². The first-order valence-electron chi connectivity index (χ1n) is 13.0. The molecule has 1 saturated heterocycles. The van der Waals surface area contributed by atoms with Crippen LogP contribution in [0.1, 0.15) is 64.6 Å². The van der Waals surface area contributed by atoms with Gasteiger partial charge in [0, 0.05) is 17.8 Å². The number of aliphatic carboxylic acids is 1. The van der Waals surface area contributed by atoms with Crippen LogP contribution in [0.4, 0.5) is 0 Å². The van der Waals surface area contributed by atoms with Crippen LogP contribution in [-0.2, 0) is 17.8 Å². The topological polar surface area (TPSA) is 84.1 Å². The molecule has 4 rings (SSSR count). The van der Waals surface area contributed by atoms with E-state index in [1.807, 2.05) is 0 Å². The van der Waals surface area contributed by atoms with Crippen LogP contribution in [0.15, 0.2) is 23.8 Å². The van der Waals surface area contributed by atoms with Crippen molar-refractivity contribution >= 4 is 22.9 Å². The SMILES string of the molecule is CCn1nc(-c2nnc(C3=CC(C)C(CCN4CCC(C(=O)O)CC4)C(C)=C3)s2)cc1CC(C)C. The standard InChI is InChI=1S/C27H39N5O2S/c1-6-32-22(13-17(2)3)16-24(30-32)26-29-28-25(35-26)21-14-18(4)23(19(5)15-21)9-12-31-10-7-20(8-11-31)27(33)34/h14-18,20,23H,6-13H2,1-5H3,(H,33,34). The molecule has 2 aromatic heterocycles. The van der Waals surface area contributed by atoms with Crippen molar-refractivity contribution in [1.82, 2.24) is 24.9 Å². The van der Waals surface area contributed by atoms with Crippen molar-refractivity contribution in [3.05, 3.63) is 34.5 Å². The highest BCUT2D eigenvalue weighted by molar-refractivity contribution is 7.15. The number of likely N-dealkylation sites (tertiary alicyclic amines) is 1. The van der Waals surface area contributed by atoms with Crippen molar-refractivity contribution in [2.75, 3.05) is 19.6 Å². The molecule has 0 radical (unpaired) electrons. The fraction of sp³-hybridized carbons (Fsp3) is 0.630. The Hall–Kier alpha value is -2.32. The molecule has 2 aromatic rings. The number of carbonyl (C=O) groups is 1. The van der Waals surface area contributed by atoms with E-state index in [-0.39, 0.29) is 5.92 Å². The maximum absolute atomic E-state index is 11.2. The Kier molecular flexibility index (Phi) is 8.22. The molecule has 2 unspecified atom stereocenters. The second-order valence-corrected chi connectivity index (χ2v) is 11.5. The summed E-state index contributed by atoms with van der Waals surface area (Å²) in [5, 5.41) is 24.9. The Bertz CT molecular complexity index is 1090. The number of aryl methyl sites for hydroxylation is 1. The lowest BCUT2D eigenvalue weighted by Crippen LogP contribution is -2.37. The Morgan fingerprint density at radius 1 is 1.23 bits per heavy atom. The van der Waals surface area contributed by atoms with E-state index < -0.39 is 5.97 Å². The summed E-state index contributed by atoms with van der Waals surface area (Å²) in [6.07, 6.45) is 8.26. The Morgan fingerprint density at radius 2 is 1.94 bits per heavy atom. The third-order valence-electron chi connectivity index (χ3n) is 7.41. The predicted molar refractivity (Wildman–Crippen MR) is 141 cm³/mol. The summed E-state index contributed by atoms with van der Waals surface area (Å²) in [4.78, 5) is 13.6. The van der Waals surface area contributed by atoms with Crippen LogP contribution < -0.4 is 0 Å². The number of carboxylic acids is 1. The van der Waals surface area contributed by atoms with Crippen molar-refractivity contribution in [2.45, 2.75) is 66.8 Å². The van der Waals surface area contributed by atoms with Gasteiger partial charge in [-0.05, 0) is 83.0 Å². The Morgan fingerprint density at radius 3 is 2.57 bits per heavy atom. The van der Waals surface area contributed by atoms with Crippen molar-refractivity contribution in [3.63, 3.8) is 0 Å². The van der Waals surface area contributed by atoms with Crippen LogP contribution in [-0.4, -0.2) is 55.6 Å². The number of hydrogen-bond acceptors (Lipinski definition) is 6. The summed E-state index contributed by atoms with van der Waals surface area (Å²) in [5.41, 5.74) is 4.72. The van der Waals surface area contributed by atoms with Gasteiger partial charge >= 0.3 is 5.97 Å². The molecule has 1 aliphatic heterocycles. The van der Waals surface area contributed by atoms with Crippen LogP contribution in [0.2, 0.25) is 0 Å². The van der Waals surface area contributed by atoms with Crippen molar-refractivity contribution in [2.24, 2.45) is 23.7 Å². The van der Waals surface area contributed by atoms with E-state index in [0.29, 0.717) is 17.8 Å². The molecule has 0 saturated carbocycles. The lowest BCUT2D eigenvalue weighted by atomic mass is 9.79. The molecule has 35 heavy (non-hydrogen) atoms. The smallest absolute Gasteiger partial charge is 0.306 e. The minimum absolute atomic E-state index is 0.165. The molecule has 0 bridgehead atoms. The van der Waals surface area contributed by atoms with Crippen LogP contribution in [0.3, 0.4) is 0 Å². The Balaban J connectivity index is 1.40. The van der Waals surface area contributed by atoms with Gasteiger partial charge in [-0.1, -0.05) is 49.8 Å². The quantitative estimate of drug-likeness (QED) is 0.499. The largest absolute Gasteiger partial charge is 0.481 e. The maximum Gasteiger partial charge on any atom is 0.306 e. The average Bonchev–Trinajstić information content (AvgIpc) is 3.45. The van der Waals surface area contributed by atoms with E-state index in [9.17, 15) is 9.90 Å². The lowest BCUT2D eigenvalue weighted by molar-refractivity contribution is -0.143. The zero-order chi connectivity index (χ0) is 25.1. The van der Waals surface area contributed by atoms with Crippen molar-refractivity contribution in [1.29, 1.82) is 0 Å². The number of piperidine rings is 1. The molecule has 0 spiro atoms. The summed E-state index contributed by atoms with van der Waals surface area (Å²) in [7, 11) is 0. The van der Waals surface area contributed by atoms with Gasteiger partial charge in [-0.3, -0.25) is 9.48 Å². The van der Waals surface area contributed by atoms with E-state index in [1.54, 1.807) is 11.3 Å². The zero-order valence-electron chi connectivity index (χ0n) is 21.7. The van der Waals surface area contributed by atoms with Crippen LogP contribution in [0.25, 0.3) is 16.3 Å². The summed E-state index contributed by atoms with van der Waals surface area (Å²) in [6, 6.07) is 2.17. The first-order valence-corrected chi connectivity index (χ1v) is 13.8. The van der Waals surface area contributed by atoms with Gasteiger partial charge in [-0.2, -0.15) is 5.10 Å². The Labute approximate surface area is 212 Å². The van der Waals surface area contributed by atoms with E-state index in [4.69, 9.17) is 5.10 Å². The minimum Gasteiger partial charge on any atom is -0.481 e. The molecule has 8 heteroatoms. The summed E-state index contributed by atoms with van der Waals surface area (Å²) in [6.45, 7) is 14.8. The second kappa shape index (κ2) is 11.2. The summed E-state index contributed by atoms with van der Waals surface area (Å²) >= 11 is 1.62. The van der Waals surface area contributed by atoms with Gasteiger partial charge in [0.05, 0.1) is 5.92 Å². The fourth-order valence-electron chi connectivity index (χ4n) is 5.42. The fourth-order valence-corrected chi connectivity index (χ4v) is 6.22. The third-order valence-corrected chi connectivity index (χ3v) is 8.40. The molecule has 0 aromatic carbocycles. The van der Waals surface area contributed by atoms with Gasteiger partial charge < -0.3 is 10.0 Å². The number of nitrogens with zero attached hydrogens (tertiary/aromatic N) is 5. The zero-order valence-corrected chi connectivity index (χ0v) is 22.5. The van der Waals surface area contributed by atoms with Gasteiger partial charge in [0.25, 0.3) is 0 Å². The molecule has 7 nitrogen and oxygen atoms in total. The third kappa shape index (κ3) is 6.09. The molecule has 1 aliphatic carbocycles. The van der Waals surface area contributed by atoms with E-state index in [1.165, 1.54) is 11.3 Å². The summed E-state index contributed by atoms with van der Waals surface area (Å²) in [5.74, 6) is 0.706. The highest BCUT2D eigenvalue weighted by Crippen LogP contribution is 2.37. The molecular weight excluding hydrogens is 458 g/mol. The van der Waals surface area contributed by atoms with Gasteiger partial charge in [0.15, 0.2) is 5.01 Å². The first kappa shape index (κ1) is 25.8. The molecular formula is C27H39N5O2S. The monoisotopic (exact) mass is 497 g/mol. The molecule has 2 atom stereocenters. The lowest BCUT2D eigenvalue weighted by Gasteiger charge is -2.33. The van der Waals surface area contributed by atoms with Gasteiger partial charge in [0.2, 0.25) is 0 Å². The number of rotatable bonds is 9. The van der Waals surface area contributed by atoms with Crippen molar-refractivity contribution < 1.29 is 9.90 Å². The van der Waals surface area contributed by atoms with Gasteiger partial charge in [-0.25, -0.2) is 0 Å². The molecule has 1 N–H and O–H groups in total.